The molecule has 3 heterocycles. The van der Waals surface area contributed by atoms with E-state index in [0.717, 1.165) is 85.2 Å². The molecule has 1 aliphatic heterocycles. The number of piperidine rings is 1. The first kappa shape index (κ1) is 33.8. The number of fused-ring (bicyclic) bond motifs is 1. The molecule has 246 valence electrons. The van der Waals surface area contributed by atoms with Crippen LogP contribution in [0.4, 0.5) is 22.2 Å². The molecule has 0 atom stereocenters. The summed E-state index contributed by atoms with van der Waals surface area (Å²) >= 11 is 0. The van der Waals surface area contributed by atoms with Crippen LogP contribution in [-0.4, -0.2) is 61.7 Å². The Kier molecular flexibility index (Phi) is 11.2. The standard InChI is InChI=1S/C34H43N9O.2ClH/c35-24-14-16-25(17-15-24)38-33-40-31(30-32(41-33)43(22-36-30)27-10-4-5-11-27)37-26-18-20-42(21-19-26)34(44)39-29-13-7-6-12-28(29)23-8-2-1-3-9-23;;/h1-3,6-9,12-13,22,24-27H,4-5,10-11,14-21,35H2,(H,39,44)(H2,37,38,40,41);2*1H. The van der Waals surface area contributed by atoms with Gasteiger partial charge in [0.2, 0.25) is 5.95 Å². The number of para-hydroxylation sites is 1. The van der Waals surface area contributed by atoms with Crippen LogP contribution in [-0.2, 0) is 0 Å². The molecule has 2 aliphatic carbocycles. The number of carbonyl (C=O) groups is 1. The van der Waals surface area contributed by atoms with E-state index in [1.165, 1.54) is 12.8 Å². The van der Waals surface area contributed by atoms with Crippen LogP contribution in [0.1, 0.15) is 70.3 Å². The van der Waals surface area contributed by atoms with Gasteiger partial charge in [-0.25, -0.2) is 9.78 Å². The van der Waals surface area contributed by atoms with Crippen LogP contribution < -0.4 is 21.7 Å². The molecule has 3 fully saturated rings. The average molecular weight is 667 g/mol. The Balaban J connectivity index is 0.00000208. The first-order valence-corrected chi connectivity index (χ1v) is 16.3. The normalized spacial score (nSPS) is 20.5. The van der Waals surface area contributed by atoms with E-state index in [2.05, 4.69) is 32.7 Å². The minimum atomic E-state index is -0.0646. The molecule has 2 saturated carbocycles. The van der Waals surface area contributed by atoms with Gasteiger partial charge in [0.25, 0.3) is 0 Å². The highest BCUT2D eigenvalue weighted by atomic mass is 35.5. The molecule has 0 bridgehead atoms. The zero-order chi connectivity index (χ0) is 29.9. The van der Waals surface area contributed by atoms with Gasteiger partial charge in [0.15, 0.2) is 17.0 Å². The number of hydrogen-bond acceptors (Lipinski definition) is 7. The predicted molar refractivity (Wildman–Crippen MR) is 190 cm³/mol. The Hall–Kier alpha value is -3.60. The molecule has 2 aromatic heterocycles. The summed E-state index contributed by atoms with van der Waals surface area (Å²) in [6, 6.07) is 19.3. The van der Waals surface area contributed by atoms with Gasteiger partial charge >= 0.3 is 6.03 Å². The molecule has 10 nitrogen and oxygen atoms in total. The summed E-state index contributed by atoms with van der Waals surface area (Å²) in [4.78, 5) is 30.0. The van der Waals surface area contributed by atoms with Crippen LogP contribution in [0.5, 0.6) is 0 Å². The summed E-state index contributed by atoms with van der Waals surface area (Å²) in [5.41, 5.74) is 10.8. The van der Waals surface area contributed by atoms with E-state index in [-0.39, 0.29) is 36.9 Å². The van der Waals surface area contributed by atoms with Crippen LogP contribution in [0, 0.1) is 0 Å². The lowest BCUT2D eigenvalue weighted by atomic mass is 9.92. The molecule has 0 spiro atoms. The summed E-state index contributed by atoms with van der Waals surface area (Å²) in [6.45, 7) is 1.32. The van der Waals surface area contributed by atoms with Crippen LogP contribution in [0.2, 0.25) is 0 Å². The minimum absolute atomic E-state index is 0. The number of nitrogens with zero attached hydrogens (tertiary/aromatic N) is 5. The fourth-order valence-electron chi connectivity index (χ4n) is 7.05. The maximum Gasteiger partial charge on any atom is 0.321 e. The van der Waals surface area contributed by atoms with Crippen molar-refractivity contribution in [2.45, 2.75) is 88.4 Å². The number of imidazole rings is 1. The third-order valence-electron chi connectivity index (χ3n) is 9.62. The Morgan fingerprint density at radius 3 is 2.20 bits per heavy atom. The van der Waals surface area contributed by atoms with Crippen molar-refractivity contribution in [2.24, 2.45) is 5.73 Å². The van der Waals surface area contributed by atoms with Gasteiger partial charge in [0, 0.05) is 42.8 Å². The van der Waals surface area contributed by atoms with Crippen molar-refractivity contribution < 1.29 is 4.79 Å². The first-order chi connectivity index (χ1) is 21.6. The number of urea groups is 1. The number of anilines is 3. The number of aromatic nitrogens is 4. The second-order valence-electron chi connectivity index (χ2n) is 12.7. The number of amides is 2. The highest BCUT2D eigenvalue weighted by Crippen LogP contribution is 2.34. The lowest BCUT2D eigenvalue weighted by Gasteiger charge is -2.33. The average Bonchev–Trinajstić information content (AvgIpc) is 3.74. The van der Waals surface area contributed by atoms with Gasteiger partial charge in [-0.3, -0.25) is 0 Å². The molecule has 5 N–H and O–H groups in total. The molecule has 1 saturated heterocycles. The number of likely N-dealkylation sites (tertiary alicyclic amines) is 1. The molecule has 0 radical (unpaired) electrons. The van der Waals surface area contributed by atoms with Crippen molar-refractivity contribution in [3.63, 3.8) is 0 Å². The third kappa shape index (κ3) is 7.51. The Morgan fingerprint density at radius 2 is 1.46 bits per heavy atom. The second kappa shape index (κ2) is 15.3. The number of benzene rings is 2. The SMILES string of the molecule is Cl.Cl.NC1CCC(Nc2nc(NC3CCN(C(=O)Nc4ccccc4-c4ccccc4)CC3)c3ncn(C4CCCC4)c3n2)CC1. The Labute approximate surface area is 283 Å². The van der Waals surface area contributed by atoms with Gasteiger partial charge < -0.3 is 31.2 Å². The number of hydrogen-bond donors (Lipinski definition) is 4. The summed E-state index contributed by atoms with van der Waals surface area (Å²) in [6.07, 6.45) is 12.5. The van der Waals surface area contributed by atoms with E-state index in [0.29, 0.717) is 37.2 Å². The van der Waals surface area contributed by atoms with Crippen molar-refractivity contribution in [3.8, 4) is 11.1 Å². The molecule has 3 aliphatic rings. The molecule has 12 heteroatoms. The van der Waals surface area contributed by atoms with Gasteiger partial charge in [-0.15, -0.1) is 24.8 Å². The van der Waals surface area contributed by atoms with E-state index in [1.54, 1.807) is 0 Å². The van der Waals surface area contributed by atoms with E-state index in [9.17, 15) is 4.79 Å². The highest BCUT2D eigenvalue weighted by Gasteiger charge is 2.27. The first-order valence-electron chi connectivity index (χ1n) is 16.3. The quantitative estimate of drug-likeness (QED) is 0.164. The Bertz CT molecular complexity index is 1580. The molecule has 4 aromatic rings. The lowest BCUT2D eigenvalue weighted by Crippen LogP contribution is -2.44. The highest BCUT2D eigenvalue weighted by molar-refractivity contribution is 5.94. The number of nitrogens with one attached hydrogen (secondary N) is 3. The molecule has 2 amide bonds. The smallest absolute Gasteiger partial charge is 0.321 e. The number of nitrogens with two attached hydrogens (primary N) is 1. The molecule has 46 heavy (non-hydrogen) atoms. The predicted octanol–water partition coefficient (Wildman–Crippen LogP) is 7.24. The third-order valence-corrected chi connectivity index (χ3v) is 9.62. The van der Waals surface area contributed by atoms with Crippen LogP contribution in [0.3, 0.4) is 0 Å². The number of halogens is 2. The summed E-state index contributed by atoms with van der Waals surface area (Å²) < 4.78 is 2.26. The van der Waals surface area contributed by atoms with Crippen molar-refractivity contribution in [1.29, 1.82) is 0 Å². The molecule has 0 unspecified atom stereocenters. The van der Waals surface area contributed by atoms with Gasteiger partial charge in [-0.05, 0) is 63.0 Å². The van der Waals surface area contributed by atoms with E-state index in [4.69, 9.17) is 20.7 Å². The largest absolute Gasteiger partial charge is 0.365 e. The zero-order valence-electron chi connectivity index (χ0n) is 26.1. The summed E-state index contributed by atoms with van der Waals surface area (Å²) in [5.74, 6) is 1.44. The zero-order valence-corrected chi connectivity index (χ0v) is 27.7. The summed E-state index contributed by atoms with van der Waals surface area (Å²) in [5, 5.41) is 10.5. The molecular formula is C34H45Cl2N9O. The van der Waals surface area contributed by atoms with Gasteiger partial charge in [0.05, 0.1) is 12.0 Å². The fourth-order valence-corrected chi connectivity index (χ4v) is 7.05. The maximum atomic E-state index is 13.3. The Morgan fingerprint density at radius 1 is 0.783 bits per heavy atom. The maximum absolute atomic E-state index is 13.3. The van der Waals surface area contributed by atoms with Gasteiger partial charge in [0.1, 0.15) is 0 Å². The lowest BCUT2D eigenvalue weighted by molar-refractivity contribution is 0.197. The van der Waals surface area contributed by atoms with Gasteiger partial charge in [-0.1, -0.05) is 61.4 Å². The fraction of sp³-hybridized carbons (Fsp3) is 0.471. The van der Waals surface area contributed by atoms with E-state index < -0.39 is 0 Å². The topological polar surface area (TPSA) is 126 Å². The molecule has 7 rings (SSSR count). The number of carbonyl (C=O) groups excluding carboxylic acids is 1. The number of rotatable bonds is 7. The van der Waals surface area contributed by atoms with Crippen molar-refractivity contribution >= 4 is 59.5 Å². The monoisotopic (exact) mass is 665 g/mol. The van der Waals surface area contributed by atoms with Crippen LogP contribution in [0.25, 0.3) is 22.3 Å². The molecule has 2 aromatic carbocycles. The van der Waals surface area contributed by atoms with Crippen molar-refractivity contribution in [2.75, 3.05) is 29.0 Å². The van der Waals surface area contributed by atoms with E-state index in [1.807, 2.05) is 53.7 Å². The second-order valence-corrected chi connectivity index (χ2v) is 12.7. The minimum Gasteiger partial charge on any atom is -0.365 e. The molecular weight excluding hydrogens is 621 g/mol. The van der Waals surface area contributed by atoms with E-state index >= 15 is 0 Å². The van der Waals surface area contributed by atoms with Crippen LogP contribution >= 0.6 is 24.8 Å². The van der Waals surface area contributed by atoms with Crippen molar-refractivity contribution in [1.82, 2.24) is 24.4 Å². The van der Waals surface area contributed by atoms with Crippen LogP contribution in [0.15, 0.2) is 60.9 Å². The van der Waals surface area contributed by atoms with Crippen molar-refractivity contribution in [3.05, 3.63) is 60.9 Å². The van der Waals surface area contributed by atoms with Gasteiger partial charge in [-0.2, -0.15) is 9.97 Å². The summed E-state index contributed by atoms with van der Waals surface area (Å²) in [7, 11) is 0.